The lowest BCUT2D eigenvalue weighted by atomic mass is 10.00. The molecule has 6 heteroatoms. The SMILES string of the molecule is COC(=O)C1CCN(C(=O)c2cccc(OC)c2)CCC1=O. The average molecular weight is 305 g/mol. The Kier molecular flexibility index (Phi) is 5.14. The number of carbonyl (C=O) groups excluding carboxylic acids is 3. The van der Waals surface area contributed by atoms with E-state index in [0.717, 1.165) is 0 Å². The molecular formula is C16H19NO5. The predicted molar refractivity (Wildman–Crippen MR) is 78.6 cm³/mol. The summed E-state index contributed by atoms with van der Waals surface area (Å²) < 4.78 is 9.76. The minimum absolute atomic E-state index is 0.162. The maximum Gasteiger partial charge on any atom is 0.316 e. The van der Waals surface area contributed by atoms with Crippen LogP contribution < -0.4 is 4.74 Å². The van der Waals surface area contributed by atoms with Crippen molar-refractivity contribution >= 4 is 17.7 Å². The molecule has 1 amide bonds. The van der Waals surface area contributed by atoms with Gasteiger partial charge in [-0.25, -0.2) is 0 Å². The summed E-state index contributed by atoms with van der Waals surface area (Å²) in [5.74, 6) is -1.04. The van der Waals surface area contributed by atoms with Crippen molar-refractivity contribution in [3.8, 4) is 5.75 Å². The minimum atomic E-state index is -0.770. The molecule has 1 aliphatic heterocycles. The van der Waals surface area contributed by atoms with Crippen LogP contribution in [0.25, 0.3) is 0 Å². The first-order valence-electron chi connectivity index (χ1n) is 7.10. The third-order valence-corrected chi connectivity index (χ3v) is 3.79. The van der Waals surface area contributed by atoms with Crippen molar-refractivity contribution in [1.29, 1.82) is 0 Å². The van der Waals surface area contributed by atoms with Gasteiger partial charge < -0.3 is 14.4 Å². The monoisotopic (exact) mass is 305 g/mol. The van der Waals surface area contributed by atoms with Gasteiger partial charge in [0.05, 0.1) is 14.2 Å². The minimum Gasteiger partial charge on any atom is -0.497 e. The Morgan fingerprint density at radius 3 is 2.68 bits per heavy atom. The topological polar surface area (TPSA) is 72.9 Å². The third-order valence-electron chi connectivity index (χ3n) is 3.79. The van der Waals surface area contributed by atoms with E-state index in [9.17, 15) is 14.4 Å². The van der Waals surface area contributed by atoms with Gasteiger partial charge in [0.25, 0.3) is 5.91 Å². The molecule has 0 radical (unpaired) electrons. The summed E-state index contributed by atoms with van der Waals surface area (Å²) in [5.41, 5.74) is 0.503. The Labute approximate surface area is 129 Å². The highest BCUT2D eigenvalue weighted by atomic mass is 16.5. The lowest BCUT2D eigenvalue weighted by Crippen LogP contribution is -2.32. The predicted octanol–water partition coefficient (Wildman–Crippen LogP) is 1.29. The number of likely N-dealkylation sites (tertiary alicyclic amines) is 1. The zero-order chi connectivity index (χ0) is 16.1. The number of ether oxygens (including phenoxy) is 2. The van der Waals surface area contributed by atoms with Crippen molar-refractivity contribution in [3.63, 3.8) is 0 Å². The summed E-state index contributed by atoms with van der Waals surface area (Å²) in [6.45, 7) is 0.657. The second kappa shape index (κ2) is 7.06. The van der Waals surface area contributed by atoms with Crippen LogP contribution in [0, 0.1) is 5.92 Å². The van der Waals surface area contributed by atoms with E-state index >= 15 is 0 Å². The van der Waals surface area contributed by atoms with Crippen LogP contribution in [0.5, 0.6) is 5.75 Å². The normalized spacial score (nSPS) is 18.5. The number of carbonyl (C=O) groups is 3. The summed E-state index contributed by atoms with van der Waals surface area (Å²) in [6.07, 6.45) is 0.455. The second-order valence-corrected chi connectivity index (χ2v) is 5.10. The van der Waals surface area contributed by atoms with Gasteiger partial charge in [0.1, 0.15) is 17.5 Å². The number of esters is 1. The zero-order valence-corrected chi connectivity index (χ0v) is 12.7. The Morgan fingerprint density at radius 1 is 1.23 bits per heavy atom. The van der Waals surface area contributed by atoms with Gasteiger partial charge in [0, 0.05) is 25.1 Å². The number of benzene rings is 1. The van der Waals surface area contributed by atoms with E-state index in [4.69, 9.17) is 4.74 Å². The molecule has 0 aromatic heterocycles. The number of hydrogen-bond donors (Lipinski definition) is 0. The molecule has 1 saturated heterocycles. The van der Waals surface area contributed by atoms with Crippen molar-refractivity contribution in [1.82, 2.24) is 4.90 Å². The zero-order valence-electron chi connectivity index (χ0n) is 12.7. The molecule has 22 heavy (non-hydrogen) atoms. The van der Waals surface area contributed by atoms with Crippen LogP contribution in [-0.2, 0) is 14.3 Å². The maximum atomic E-state index is 12.5. The first kappa shape index (κ1) is 16.0. The molecule has 6 nitrogen and oxygen atoms in total. The molecule has 1 aliphatic rings. The van der Waals surface area contributed by atoms with Gasteiger partial charge in [-0.15, -0.1) is 0 Å². The van der Waals surface area contributed by atoms with E-state index in [1.54, 1.807) is 29.2 Å². The smallest absolute Gasteiger partial charge is 0.316 e. The largest absolute Gasteiger partial charge is 0.497 e. The Morgan fingerprint density at radius 2 is 2.00 bits per heavy atom. The summed E-state index contributed by atoms with van der Waals surface area (Å²) in [6, 6.07) is 6.87. The third kappa shape index (κ3) is 3.44. The van der Waals surface area contributed by atoms with E-state index in [0.29, 0.717) is 30.8 Å². The highest BCUT2D eigenvalue weighted by molar-refractivity contribution is 6.00. The van der Waals surface area contributed by atoms with Crippen LogP contribution in [0.1, 0.15) is 23.2 Å². The molecule has 0 N–H and O–H groups in total. The fourth-order valence-electron chi connectivity index (χ4n) is 2.51. The van der Waals surface area contributed by atoms with Crippen LogP contribution in [0.2, 0.25) is 0 Å². The molecule has 0 saturated carbocycles. The van der Waals surface area contributed by atoms with Crippen LogP contribution in [0.4, 0.5) is 0 Å². The Bertz CT molecular complexity index is 584. The molecule has 118 valence electrons. The molecule has 1 aromatic carbocycles. The number of hydrogen-bond acceptors (Lipinski definition) is 5. The van der Waals surface area contributed by atoms with Gasteiger partial charge in [0.2, 0.25) is 0 Å². The molecule has 0 aliphatic carbocycles. The summed E-state index contributed by atoms with van der Waals surface area (Å²) in [5, 5.41) is 0. The fraction of sp³-hybridized carbons (Fsp3) is 0.438. The number of Topliss-reactive ketones (excluding diaryl/α,β-unsaturated/α-hetero) is 1. The van der Waals surface area contributed by atoms with Gasteiger partial charge in [-0.1, -0.05) is 6.07 Å². The highest BCUT2D eigenvalue weighted by Crippen LogP contribution is 2.19. The lowest BCUT2D eigenvalue weighted by Gasteiger charge is -2.20. The van der Waals surface area contributed by atoms with Gasteiger partial charge in [-0.2, -0.15) is 0 Å². The standard InChI is InChI=1S/C16H19NO5/c1-21-12-5-3-4-11(10-12)15(19)17-8-6-13(16(20)22-2)14(18)7-9-17/h3-5,10,13H,6-9H2,1-2H3. The number of methoxy groups -OCH3 is 2. The van der Waals surface area contributed by atoms with Gasteiger partial charge in [0.15, 0.2) is 0 Å². The number of nitrogens with zero attached hydrogens (tertiary/aromatic N) is 1. The van der Waals surface area contributed by atoms with Gasteiger partial charge in [-0.05, 0) is 24.6 Å². The quantitative estimate of drug-likeness (QED) is 0.621. The Hall–Kier alpha value is -2.37. The van der Waals surface area contributed by atoms with E-state index in [1.165, 1.54) is 14.2 Å². The van der Waals surface area contributed by atoms with Crippen LogP contribution in [0.15, 0.2) is 24.3 Å². The van der Waals surface area contributed by atoms with E-state index in [2.05, 4.69) is 4.74 Å². The molecule has 0 spiro atoms. The van der Waals surface area contributed by atoms with Crippen LogP contribution in [0.3, 0.4) is 0 Å². The number of amides is 1. The van der Waals surface area contributed by atoms with Crippen LogP contribution >= 0.6 is 0 Å². The van der Waals surface area contributed by atoms with Crippen molar-refractivity contribution < 1.29 is 23.9 Å². The fourth-order valence-corrected chi connectivity index (χ4v) is 2.51. The first-order valence-corrected chi connectivity index (χ1v) is 7.10. The summed E-state index contributed by atoms with van der Waals surface area (Å²) in [7, 11) is 2.80. The highest BCUT2D eigenvalue weighted by Gasteiger charge is 2.32. The second-order valence-electron chi connectivity index (χ2n) is 5.10. The molecular weight excluding hydrogens is 286 g/mol. The molecule has 0 bridgehead atoms. The molecule has 1 aromatic rings. The van der Waals surface area contributed by atoms with Crippen molar-refractivity contribution in [3.05, 3.63) is 29.8 Å². The number of rotatable bonds is 3. The maximum absolute atomic E-state index is 12.5. The van der Waals surface area contributed by atoms with Gasteiger partial charge in [-0.3, -0.25) is 14.4 Å². The van der Waals surface area contributed by atoms with Crippen molar-refractivity contribution in [2.45, 2.75) is 12.8 Å². The molecule has 1 heterocycles. The molecule has 2 rings (SSSR count). The number of ketones is 1. The lowest BCUT2D eigenvalue weighted by molar-refractivity contribution is -0.149. The average Bonchev–Trinajstić information content (AvgIpc) is 2.75. The summed E-state index contributed by atoms with van der Waals surface area (Å²) >= 11 is 0. The van der Waals surface area contributed by atoms with Gasteiger partial charge >= 0.3 is 5.97 Å². The van der Waals surface area contributed by atoms with Crippen molar-refractivity contribution in [2.75, 3.05) is 27.3 Å². The van der Waals surface area contributed by atoms with Crippen LogP contribution in [-0.4, -0.2) is 49.9 Å². The van der Waals surface area contributed by atoms with E-state index < -0.39 is 11.9 Å². The Balaban J connectivity index is 2.11. The first-order chi connectivity index (χ1) is 10.6. The summed E-state index contributed by atoms with van der Waals surface area (Å²) in [4.78, 5) is 37.7. The molecule has 1 unspecified atom stereocenters. The van der Waals surface area contributed by atoms with E-state index in [-0.39, 0.29) is 18.1 Å². The molecule has 1 atom stereocenters. The molecule has 1 fully saturated rings. The van der Waals surface area contributed by atoms with E-state index in [1.807, 2.05) is 0 Å². The van der Waals surface area contributed by atoms with Crippen molar-refractivity contribution in [2.24, 2.45) is 5.92 Å².